The van der Waals surface area contributed by atoms with Crippen LogP contribution in [0.15, 0.2) is 52.9 Å². The molecule has 0 amide bonds. The zero-order valence-corrected chi connectivity index (χ0v) is 13.6. The summed E-state index contributed by atoms with van der Waals surface area (Å²) in [6.45, 7) is 2.25. The van der Waals surface area contributed by atoms with Crippen molar-refractivity contribution in [2.75, 3.05) is 11.9 Å². The third-order valence-corrected chi connectivity index (χ3v) is 3.69. The predicted molar refractivity (Wildman–Crippen MR) is 92.9 cm³/mol. The molecule has 0 atom stereocenters. The van der Waals surface area contributed by atoms with E-state index in [4.69, 9.17) is 9.15 Å². The van der Waals surface area contributed by atoms with Crippen LogP contribution in [0.4, 0.5) is 5.69 Å². The summed E-state index contributed by atoms with van der Waals surface area (Å²) < 4.78 is 10.6. The van der Waals surface area contributed by atoms with Crippen LogP contribution in [0, 0.1) is 0 Å². The van der Waals surface area contributed by atoms with Gasteiger partial charge in [-0.25, -0.2) is 9.59 Å². The molecule has 3 rings (SSSR count). The van der Waals surface area contributed by atoms with E-state index in [1.165, 1.54) is 12.1 Å². The Morgan fingerprint density at radius 3 is 2.64 bits per heavy atom. The Labute approximate surface area is 144 Å². The first-order chi connectivity index (χ1) is 12.1. The first-order valence-electron chi connectivity index (χ1n) is 7.84. The molecule has 0 aliphatic heterocycles. The Hall–Kier alpha value is -3.28. The summed E-state index contributed by atoms with van der Waals surface area (Å²) in [5.41, 5.74) is 1.30. The molecule has 0 saturated heterocycles. The smallest absolute Gasteiger partial charge is 0.338 e. The molecule has 25 heavy (non-hydrogen) atoms. The van der Waals surface area contributed by atoms with Crippen LogP contribution >= 0.6 is 0 Å². The number of furan rings is 1. The van der Waals surface area contributed by atoms with Gasteiger partial charge in [0.15, 0.2) is 0 Å². The van der Waals surface area contributed by atoms with Gasteiger partial charge in [-0.3, -0.25) is 0 Å². The Morgan fingerprint density at radius 1 is 1.12 bits per heavy atom. The quantitative estimate of drug-likeness (QED) is 0.662. The van der Waals surface area contributed by atoms with Gasteiger partial charge in [-0.05, 0) is 37.3 Å². The third-order valence-electron chi connectivity index (χ3n) is 3.69. The van der Waals surface area contributed by atoms with Crippen molar-refractivity contribution >= 4 is 28.6 Å². The number of nitrogens with one attached hydrogen (secondary N) is 1. The number of esters is 1. The number of hydrogen-bond acceptors (Lipinski definition) is 5. The number of hydrogen-bond donors (Lipinski definition) is 2. The number of benzene rings is 2. The lowest BCUT2D eigenvalue weighted by molar-refractivity contribution is 0.0514. The lowest BCUT2D eigenvalue weighted by atomic mass is 10.1. The van der Waals surface area contributed by atoms with Crippen LogP contribution in [0.25, 0.3) is 11.0 Å². The minimum atomic E-state index is -1.18. The van der Waals surface area contributed by atoms with Gasteiger partial charge in [-0.2, -0.15) is 0 Å². The minimum Gasteiger partial charge on any atom is -0.478 e. The number of anilines is 1. The van der Waals surface area contributed by atoms with E-state index in [-0.39, 0.29) is 17.7 Å². The summed E-state index contributed by atoms with van der Waals surface area (Å²) in [5.74, 6) is -1.10. The number of rotatable bonds is 6. The fourth-order valence-electron chi connectivity index (χ4n) is 2.53. The molecular formula is C19H17NO5. The highest BCUT2D eigenvalue weighted by atomic mass is 16.5. The van der Waals surface area contributed by atoms with Crippen molar-refractivity contribution in [2.24, 2.45) is 0 Å². The fraction of sp³-hybridized carbons (Fsp3) is 0.158. The molecule has 0 spiro atoms. The second-order valence-electron chi connectivity index (χ2n) is 5.39. The number of fused-ring (bicyclic) bond motifs is 1. The van der Waals surface area contributed by atoms with Crippen LogP contribution in [0.3, 0.4) is 0 Å². The van der Waals surface area contributed by atoms with Gasteiger partial charge in [0.2, 0.25) is 0 Å². The lowest BCUT2D eigenvalue weighted by Crippen LogP contribution is -2.12. The van der Waals surface area contributed by atoms with Gasteiger partial charge in [0.25, 0.3) is 0 Å². The van der Waals surface area contributed by atoms with Crippen molar-refractivity contribution < 1.29 is 23.8 Å². The van der Waals surface area contributed by atoms with Crippen molar-refractivity contribution in [3.63, 3.8) is 0 Å². The average Bonchev–Trinajstić information content (AvgIpc) is 3.03. The van der Waals surface area contributed by atoms with Gasteiger partial charge in [-0.15, -0.1) is 0 Å². The van der Waals surface area contributed by atoms with Crippen molar-refractivity contribution in [1.29, 1.82) is 0 Å². The van der Waals surface area contributed by atoms with Gasteiger partial charge in [0.1, 0.15) is 11.3 Å². The van der Waals surface area contributed by atoms with Crippen molar-refractivity contribution in [3.05, 3.63) is 65.4 Å². The topological polar surface area (TPSA) is 88.8 Å². The van der Waals surface area contributed by atoms with Gasteiger partial charge >= 0.3 is 11.9 Å². The number of carbonyl (C=O) groups is 2. The van der Waals surface area contributed by atoms with Crippen LogP contribution in [0.5, 0.6) is 0 Å². The third kappa shape index (κ3) is 3.63. The zero-order valence-electron chi connectivity index (χ0n) is 13.6. The minimum absolute atomic E-state index is 0.0311. The fourth-order valence-corrected chi connectivity index (χ4v) is 2.53. The van der Waals surface area contributed by atoms with Crippen LogP contribution in [-0.2, 0) is 11.3 Å². The van der Waals surface area contributed by atoms with Crippen LogP contribution in [0.2, 0.25) is 0 Å². The van der Waals surface area contributed by atoms with Gasteiger partial charge in [0.05, 0.1) is 24.3 Å². The van der Waals surface area contributed by atoms with E-state index >= 15 is 0 Å². The van der Waals surface area contributed by atoms with Gasteiger partial charge < -0.3 is 19.6 Å². The van der Waals surface area contributed by atoms with E-state index in [9.17, 15) is 14.7 Å². The highest BCUT2D eigenvalue weighted by molar-refractivity contribution is 6.03. The molecule has 6 nitrogen and oxygen atoms in total. The SMILES string of the molecule is CCOC(=O)c1ccc(NCc2cc3ccccc3o2)cc1C(=O)O. The molecule has 0 aliphatic carbocycles. The maximum atomic E-state index is 11.8. The number of para-hydroxylation sites is 1. The maximum absolute atomic E-state index is 11.8. The number of carbonyl (C=O) groups excluding carboxylic acids is 1. The van der Waals surface area contributed by atoms with Gasteiger partial charge in [0, 0.05) is 11.1 Å². The summed E-state index contributed by atoms with van der Waals surface area (Å²) in [6, 6.07) is 14.1. The van der Waals surface area contributed by atoms with E-state index in [2.05, 4.69) is 5.32 Å². The Kier molecular flexibility index (Phi) is 4.70. The molecule has 0 saturated carbocycles. The number of carboxylic acid groups (broad SMARTS) is 1. The van der Waals surface area contributed by atoms with E-state index in [1.807, 2.05) is 30.3 Å². The Balaban J connectivity index is 1.79. The van der Waals surface area contributed by atoms with E-state index < -0.39 is 11.9 Å². The average molecular weight is 339 g/mol. The zero-order chi connectivity index (χ0) is 17.8. The molecule has 1 heterocycles. The number of ether oxygens (including phenoxy) is 1. The van der Waals surface area contributed by atoms with Gasteiger partial charge in [-0.1, -0.05) is 18.2 Å². The van der Waals surface area contributed by atoms with Crippen LogP contribution in [-0.4, -0.2) is 23.7 Å². The monoisotopic (exact) mass is 339 g/mol. The molecule has 0 bridgehead atoms. The number of carboxylic acids is 1. The molecule has 128 valence electrons. The summed E-state index contributed by atoms with van der Waals surface area (Å²) >= 11 is 0. The standard InChI is InChI=1S/C19H17NO5/c1-2-24-19(23)15-8-7-13(10-16(15)18(21)22)20-11-14-9-12-5-3-4-6-17(12)25-14/h3-10,20H,2,11H2,1H3,(H,21,22). The first-order valence-corrected chi connectivity index (χ1v) is 7.84. The molecule has 0 radical (unpaired) electrons. The second-order valence-corrected chi connectivity index (χ2v) is 5.39. The highest BCUT2D eigenvalue weighted by Crippen LogP contribution is 2.21. The molecule has 6 heteroatoms. The van der Waals surface area contributed by atoms with Crippen molar-refractivity contribution in [2.45, 2.75) is 13.5 Å². The molecule has 2 aromatic carbocycles. The maximum Gasteiger partial charge on any atom is 0.338 e. The largest absolute Gasteiger partial charge is 0.478 e. The van der Waals surface area contributed by atoms with E-state index in [0.717, 1.165) is 16.7 Å². The summed E-state index contributed by atoms with van der Waals surface area (Å²) in [4.78, 5) is 23.3. The Bertz CT molecular complexity index is 895. The first kappa shape index (κ1) is 16.6. The summed E-state index contributed by atoms with van der Waals surface area (Å²) in [7, 11) is 0. The highest BCUT2D eigenvalue weighted by Gasteiger charge is 2.18. The summed E-state index contributed by atoms with van der Waals surface area (Å²) in [6.07, 6.45) is 0. The predicted octanol–water partition coefficient (Wildman–Crippen LogP) is 3.92. The molecule has 0 fully saturated rings. The van der Waals surface area contributed by atoms with E-state index in [1.54, 1.807) is 13.0 Å². The van der Waals surface area contributed by atoms with Crippen molar-refractivity contribution in [3.8, 4) is 0 Å². The second kappa shape index (κ2) is 7.09. The molecule has 2 N–H and O–H groups in total. The molecule has 0 unspecified atom stereocenters. The normalized spacial score (nSPS) is 10.6. The van der Waals surface area contributed by atoms with Crippen molar-refractivity contribution in [1.82, 2.24) is 0 Å². The molecule has 0 aliphatic rings. The molecular weight excluding hydrogens is 322 g/mol. The summed E-state index contributed by atoms with van der Waals surface area (Å²) in [5, 5.41) is 13.4. The number of aromatic carboxylic acids is 1. The van der Waals surface area contributed by atoms with E-state index in [0.29, 0.717) is 12.2 Å². The van der Waals surface area contributed by atoms with Crippen LogP contribution in [0.1, 0.15) is 33.4 Å². The Morgan fingerprint density at radius 2 is 1.92 bits per heavy atom. The molecule has 3 aromatic rings. The van der Waals surface area contributed by atoms with Crippen LogP contribution < -0.4 is 5.32 Å². The molecule has 1 aromatic heterocycles. The lowest BCUT2D eigenvalue weighted by Gasteiger charge is -2.09.